The quantitative estimate of drug-likeness (QED) is 0.312. The second-order valence-corrected chi connectivity index (χ2v) is 15.4. The molecule has 1 aliphatic heterocycles. The van der Waals surface area contributed by atoms with Gasteiger partial charge in [-0.3, -0.25) is 43.6 Å². The minimum Gasteiger partial charge on any atom is -0.480 e. The van der Waals surface area contributed by atoms with Crippen LogP contribution in [0.15, 0.2) is 11.6 Å². The molecule has 3 unspecified atom stereocenters. The summed E-state index contributed by atoms with van der Waals surface area (Å²) in [5.74, 6) is -0.838. The molecule has 48 heavy (non-hydrogen) atoms. The molecule has 0 spiro atoms. The van der Waals surface area contributed by atoms with Crippen LogP contribution in [0.2, 0.25) is 0 Å². The van der Waals surface area contributed by atoms with Gasteiger partial charge >= 0.3 is 17.9 Å². The number of carboxylic acid groups (broad SMARTS) is 3. The maximum atomic E-state index is 14.2. The Kier molecular flexibility index (Phi) is 13.8. The molecule has 5 aliphatic rings. The van der Waals surface area contributed by atoms with Gasteiger partial charge in [0, 0.05) is 105 Å². The van der Waals surface area contributed by atoms with Crippen molar-refractivity contribution in [2.24, 2.45) is 34.5 Å². The average Bonchev–Trinajstić information content (AvgIpc) is 3.35. The van der Waals surface area contributed by atoms with Crippen LogP contribution in [0.1, 0.15) is 65.2 Å². The van der Waals surface area contributed by atoms with Crippen LogP contribution in [0.5, 0.6) is 0 Å². The summed E-state index contributed by atoms with van der Waals surface area (Å²) in [6.45, 7) is 7.54. The number of Topliss-reactive ketones (excluding diaryl/α,β-unsaturated/α-hetero) is 1. The van der Waals surface area contributed by atoms with Crippen LogP contribution in [-0.2, 0) is 24.0 Å². The number of hydrogen-bond acceptors (Lipinski definition) is 9. The van der Waals surface area contributed by atoms with Crippen molar-refractivity contribution < 1.29 is 79.2 Å². The first-order chi connectivity index (χ1) is 22.3. The number of carbonyl (C=O) groups excluding carboxylic acids is 2. The molecule has 0 aromatic heterocycles. The van der Waals surface area contributed by atoms with Crippen LogP contribution in [0.25, 0.3) is 0 Å². The van der Waals surface area contributed by atoms with Gasteiger partial charge < -0.3 is 15.3 Å². The Bertz CT molecular complexity index is 1230. The normalized spacial score (nSPS) is 34.3. The summed E-state index contributed by atoms with van der Waals surface area (Å²) in [5, 5.41) is 28.5. The molecule has 12 nitrogen and oxygen atoms in total. The largest absolute Gasteiger partial charge is 0.480 e. The van der Waals surface area contributed by atoms with Crippen molar-refractivity contribution in [1.29, 1.82) is 0 Å². The van der Waals surface area contributed by atoms with Gasteiger partial charge in [-0.25, -0.2) is 0 Å². The molecule has 1 heterocycles. The van der Waals surface area contributed by atoms with Gasteiger partial charge in [0.2, 0.25) is 0 Å². The first kappa shape index (κ1) is 39.4. The molecule has 3 saturated carbocycles. The van der Waals surface area contributed by atoms with E-state index in [9.17, 15) is 39.3 Å². The first-order valence-corrected chi connectivity index (χ1v) is 17.6. The molecule has 0 radical (unpaired) electrons. The van der Waals surface area contributed by atoms with E-state index in [2.05, 4.69) is 18.7 Å². The van der Waals surface area contributed by atoms with Crippen molar-refractivity contribution >= 4 is 29.5 Å². The number of ketones is 2. The van der Waals surface area contributed by atoms with Crippen LogP contribution in [0.4, 0.5) is 0 Å². The minimum atomic E-state index is -0.988. The van der Waals surface area contributed by atoms with Crippen molar-refractivity contribution in [3.63, 3.8) is 0 Å². The Hall–Kier alpha value is -1.35. The molecular weight excluding hydrogens is 762 g/mol. The fourth-order valence-electron chi connectivity index (χ4n) is 10.2. The van der Waals surface area contributed by atoms with E-state index in [1.165, 1.54) is 5.57 Å². The summed E-state index contributed by atoms with van der Waals surface area (Å²) in [7, 11) is 0. The molecule has 3 N–H and O–H groups in total. The third-order valence-electron chi connectivity index (χ3n) is 12.7. The Balaban J connectivity index is 0.00000520. The van der Waals surface area contributed by atoms with Crippen molar-refractivity contribution in [2.75, 3.05) is 78.5 Å². The van der Waals surface area contributed by atoms with Crippen LogP contribution >= 0.6 is 0 Å². The van der Waals surface area contributed by atoms with Gasteiger partial charge in [-0.1, -0.05) is 19.4 Å². The average molecular weight is 816 g/mol. The summed E-state index contributed by atoms with van der Waals surface area (Å²) >= 11 is 0. The van der Waals surface area contributed by atoms with E-state index in [4.69, 9.17) is 0 Å². The van der Waals surface area contributed by atoms with Gasteiger partial charge in [0.15, 0.2) is 5.78 Å². The number of allylic oxidation sites excluding steroid dienone is 1. The Morgan fingerprint density at radius 2 is 1.15 bits per heavy atom. The number of rotatable bonds is 9. The van der Waals surface area contributed by atoms with Crippen molar-refractivity contribution in [2.45, 2.75) is 65.2 Å². The molecule has 0 aromatic rings. The predicted octanol–water partition coefficient (Wildman–Crippen LogP) is 2.18. The van der Waals surface area contributed by atoms with Crippen LogP contribution in [0, 0.1) is 74.4 Å². The zero-order valence-electron chi connectivity index (χ0n) is 28.6. The second kappa shape index (κ2) is 16.8. The summed E-state index contributed by atoms with van der Waals surface area (Å²) in [4.78, 5) is 68.6. The van der Waals surface area contributed by atoms with Gasteiger partial charge in [-0.05, 0) is 79.6 Å². The zero-order chi connectivity index (χ0) is 33.9. The van der Waals surface area contributed by atoms with E-state index in [1.54, 1.807) is 14.7 Å². The fourth-order valence-corrected chi connectivity index (χ4v) is 10.2. The molecule has 5 rings (SSSR count). The number of hydrogen-bond donors (Lipinski definition) is 3. The van der Waals surface area contributed by atoms with Gasteiger partial charge in [0.05, 0.1) is 26.2 Å². The van der Waals surface area contributed by atoms with E-state index in [0.717, 1.165) is 44.9 Å². The van der Waals surface area contributed by atoms with Crippen molar-refractivity contribution in [3.05, 3.63) is 11.6 Å². The topological polar surface area (TPSA) is 159 Å². The molecular formula is C35H54GdN4O8. The molecule has 4 fully saturated rings. The molecule has 6 atom stereocenters. The molecule has 270 valence electrons. The van der Waals surface area contributed by atoms with Crippen LogP contribution in [-0.4, -0.2) is 143 Å². The van der Waals surface area contributed by atoms with E-state index in [1.807, 2.05) is 6.08 Å². The van der Waals surface area contributed by atoms with Gasteiger partial charge in [-0.2, -0.15) is 0 Å². The Labute approximate surface area is 316 Å². The monoisotopic (exact) mass is 816 g/mol. The number of carbonyl (C=O) groups is 5. The van der Waals surface area contributed by atoms with Crippen LogP contribution in [0.3, 0.4) is 0 Å². The van der Waals surface area contributed by atoms with E-state index < -0.39 is 17.9 Å². The van der Waals surface area contributed by atoms with E-state index in [0.29, 0.717) is 76.5 Å². The third kappa shape index (κ3) is 9.11. The molecule has 1 saturated heterocycles. The van der Waals surface area contributed by atoms with Crippen molar-refractivity contribution in [1.82, 2.24) is 19.6 Å². The SMILES string of the molecule is C[C@]12CCC(=O)C=C1CCC1C2CC[C@@]2(C)C1CC[C@@H]2C(=O)CN1CCN(CC(=O)O)CCN(CC(=O)O)CCN(CC(=O)O)CC1.[Gd]. The van der Waals surface area contributed by atoms with E-state index in [-0.39, 0.29) is 94.4 Å². The van der Waals surface area contributed by atoms with Gasteiger partial charge in [0.25, 0.3) is 0 Å². The number of carboxylic acids is 3. The Morgan fingerprint density at radius 3 is 1.62 bits per heavy atom. The van der Waals surface area contributed by atoms with Gasteiger partial charge in [0.1, 0.15) is 5.78 Å². The standard InChI is InChI=1S/C35H54N4O8.Gd/c1-34-9-7-25(40)19-24(34)3-4-26-27-5-6-29(35(27,2)10-8-28(26)34)30(41)20-36-11-13-37(21-31(42)43)15-17-39(23-33(46)47)18-16-38(14-12-36)22-32(44)45;/h19,26-29H,3-18,20-23H2,1-2H3,(H,42,43)(H,44,45)(H,46,47);/t26?,27?,28?,29-,34+,35+;/m1./s1. The van der Waals surface area contributed by atoms with Crippen LogP contribution < -0.4 is 0 Å². The fraction of sp³-hybridized carbons (Fsp3) is 0.800. The predicted molar refractivity (Wildman–Crippen MR) is 174 cm³/mol. The van der Waals surface area contributed by atoms with E-state index >= 15 is 0 Å². The third-order valence-corrected chi connectivity index (χ3v) is 12.7. The molecule has 13 heteroatoms. The minimum absolute atomic E-state index is 0. The summed E-state index contributed by atoms with van der Waals surface area (Å²) < 4.78 is 0. The first-order valence-electron chi connectivity index (χ1n) is 17.6. The molecule has 0 aromatic carbocycles. The second-order valence-electron chi connectivity index (χ2n) is 15.4. The smallest absolute Gasteiger partial charge is 0.317 e. The van der Waals surface area contributed by atoms with Crippen molar-refractivity contribution in [3.8, 4) is 0 Å². The Morgan fingerprint density at radius 1 is 0.667 bits per heavy atom. The maximum Gasteiger partial charge on any atom is 0.317 e. The number of fused-ring (bicyclic) bond motifs is 5. The number of aliphatic carboxylic acids is 3. The van der Waals surface area contributed by atoms with Gasteiger partial charge in [-0.15, -0.1) is 0 Å². The molecule has 4 aliphatic carbocycles. The molecule has 0 bridgehead atoms. The summed E-state index contributed by atoms with van der Waals surface area (Å²) in [6, 6.07) is 0. The molecule has 0 amide bonds. The summed E-state index contributed by atoms with van der Waals surface area (Å²) in [6.07, 6.45) is 9.61. The maximum absolute atomic E-state index is 14.2. The zero-order valence-corrected chi connectivity index (χ0v) is 30.8. The number of nitrogens with zero attached hydrogens (tertiary/aromatic N) is 4. The summed E-state index contributed by atoms with van der Waals surface area (Å²) in [5.41, 5.74) is 1.38.